The molecule has 1 aliphatic heterocycles. The van der Waals surface area contributed by atoms with Crippen molar-refractivity contribution in [2.45, 2.75) is 13.0 Å². The van der Waals surface area contributed by atoms with Crippen molar-refractivity contribution < 1.29 is 18.3 Å². The summed E-state index contributed by atoms with van der Waals surface area (Å²) in [6.45, 7) is 2.91. The summed E-state index contributed by atoms with van der Waals surface area (Å²) in [4.78, 5) is 14.2. The molecule has 0 unspecified atom stereocenters. The van der Waals surface area contributed by atoms with Gasteiger partial charge in [-0.25, -0.2) is 13.6 Å². The van der Waals surface area contributed by atoms with Crippen LogP contribution in [0.25, 0.3) is 0 Å². The molecule has 0 bridgehead atoms. The van der Waals surface area contributed by atoms with Crippen LogP contribution in [0.3, 0.4) is 0 Å². The Morgan fingerprint density at radius 3 is 2.71 bits per heavy atom. The number of benzene rings is 2. The maximum absolute atomic E-state index is 13.6. The predicted octanol–water partition coefficient (Wildman–Crippen LogP) is 3.64. The monoisotopic (exact) mass is 331 g/mol. The number of carbonyl (C=O) groups excluding carboxylic acids is 1. The van der Waals surface area contributed by atoms with E-state index in [1.54, 1.807) is 0 Å². The van der Waals surface area contributed by atoms with E-state index in [1.165, 1.54) is 5.56 Å². The summed E-state index contributed by atoms with van der Waals surface area (Å²) < 4.78 is 31.6. The molecule has 126 valence electrons. The molecule has 0 amide bonds. The lowest BCUT2D eigenvalue weighted by Gasteiger charge is -2.16. The normalized spacial score (nSPS) is 17.8. The van der Waals surface area contributed by atoms with Crippen molar-refractivity contribution in [1.29, 1.82) is 0 Å². The van der Waals surface area contributed by atoms with Crippen LogP contribution in [0.15, 0.2) is 48.5 Å². The van der Waals surface area contributed by atoms with Crippen molar-refractivity contribution in [2.75, 3.05) is 19.7 Å². The highest BCUT2D eigenvalue weighted by Crippen LogP contribution is 2.20. The molecule has 0 aliphatic carbocycles. The Balaban J connectivity index is 1.48. The van der Waals surface area contributed by atoms with E-state index >= 15 is 0 Å². The molecule has 1 atom stereocenters. The van der Waals surface area contributed by atoms with E-state index in [0.29, 0.717) is 6.07 Å². The van der Waals surface area contributed by atoms with Crippen LogP contribution in [0, 0.1) is 17.6 Å². The molecule has 3 nitrogen and oxygen atoms in total. The van der Waals surface area contributed by atoms with Crippen LogP contribution in [0.4, 0.5) is 8.78 Å². The fourth-order valence-electron chi connectivity index (χ4n) is 2.96. The van der Waals surface area contributed by atoms with E-state index in [9.17, 15) is 13.6 Å². The molecule has 1 saturated heterocycles. The van der Waals surface area contributed by atoms with Crippen molar-refractivity contribution in [3.05, 3.63) is 71.3 Å². The molecule has 1 aliphatic rings. The fourth-order valence-corrected chi connectivity index (χ4v) is 2.96. The zero-order valence-electron chi connectivity index (χ0n) is 13.3. The Kier molecular flexibility index (Phi) is 5.20. The van der Waals surface area contributed by atoms with Gasteiger partial charge in [0, 0.05) is 25.1 Å². The van der Waals surface area contributed by atoms with Gasteiger partial charge in [-0.15, -0.1) is 0 Å². The number of esters is 1. The van der Waals surface area contributed by atoms with Crippen LogP contribution in [-0.2, 0) is 11.3 Å². The minimum Gasteiger partial charge on any atom is -0.462 e. The van der Waals surface area contributed by atoms with Crippen LogP contribution in [0.1, 0.15) is 22.3 Å². The smallest absolute Gasteiger partial charge is 0.341 e. The van der Waals surface area contributed by atoms with E-state index in [-0.39, 0.29) is 18.1 Å². The van der Waals surface area contributed by atoms with Gasteiger partial charge in [0.05, 0.1) is 12.2 Å². The third-order valence-corrected chi connectivity index (χ3v) is 4.22. The number of hydrogen-bond acceptors (Lipinski definition) is 3. The molecule has 2 aromatic rings. The molecule has 5 heteroatoms. The molecule has 0 spiro atoms. The van der Waals surface area contributed by atoms with Crippen LogP contribution >= 0.6 is 0 Å². The topological polar surface area (TPSA) is 29.5 Å². The maximum atomic E-state index is 13.6. The molecular formula is C19H19F2NO2. The highest BCUT2D eigenvalue weighted by atomic mass is 19.1. The molecule has 0 N–H and O–H groups in total. The number of rotatable bonds is 5. The lowest BCUT2D eigenvalue weighted by molar-refractivity contribution is 0.0437. The summed E-state index contributed by atoms with van der Waals surface area (Å²) in [6, 6.07) is 13.1. The molecule has 2 aromatic carbocycles. The quantitative estimate of drug-likeness (QED) is 0.784. The van der Waals surface area contributed by atoms with Crippen LogP contribution in [-0.4, -0.2) is 30.6 Å². The van der Waals surface area contributed by atoms with Crippen molar-refractivity contribution in [3.63, 3.8) is 0 Å². The first-order valence-electron chi connectivity index (χ1n) is 8.00. The van der Waals surface area contributed by atoms with Gasteiger partial charge in [-0.05, 0) is 30.7 Å². The fraction of sp³-hybridized carbons (Fsp3) is 0.316. The molecule has 1 fully saturated rings. The van der Waals surface area contributed by atoms with Crippen molar-refractivity contribution in [2.24, 2.45) is 5.92 Å². The molecule has 24 heavy (non-hydrogen) atoms. The summed E-state index contributed by atoms with van der Waals surface area (Å²) in [7, 11) is 0. The summed E-state index contributed by atoms with van der Waals surface area (Å²) in [5, 5.41) is 0. The summed E-state index contributed by atoms with van der Waals surface area (Å²) in [5.74, 6) is -2.11. The zero-order chi connectivity index (χ0) is 16.9. The zero-order valence-corrected chi connectivity index (χ0v) is 13.3. The molecular weight excluding hydrogens is 312 g/mol. The second-order valence-electron chi connectivity index (χ2n) is 6.10. The first-order chi connectivity index (χ1) is 11.6. The van der Waals surface area contributed by atoms with E-state index in [0.717, 1.165) is 38.2 Å². The molecule has 1 heterocycles. The molecule has 0 radical (unpaired) electrons. The largest absolute Gasteiger partial charge is 0.462 e. The molecule has 0 aromatic heterocycles. The molecule has 3 rings (SSSR count). The predicted molar refractivity (Wildman–Crippen MR) is 86.5 cm³/mol. The average Bonchev–Trinajstić information content (AvgIpc) is 3.01. The van der Waals surface area contributed by atoms with Gasteiger partial charge < -0.3 is 4.74 Å². The minimum absolute atomic E-state index is 0.226. The van der Waals surface area contributed by atoms with E-state index in [4.69, 9.17) is 4.74 Å². The summed E-state index contributed by atoms with van der Waals surface area (Å²) in [6.07, 6.45) is 0.937. The van der Waals surface area contributed by atoms with Gasteiger partial charge in [-0.1, -0.05) is 30.3 Å². The van der Waals surface area contributed by atoms with Gasteiger partial charge in [0.1, 0.15) is 11.6 Å². The number of ether oxygens (including phenoxy) is 1. The lowest BCUT2D eigenvalue weighted by atomic mass is 10.1. The highest BCUT2D eigenvalue weighted by molar-refractivity contribution is 5.89. The van der Waals surface area contributed by atoms with Crippen molar-refractivity contribution in [1.82, 2.24) is 4.90 Å². The number of hydrogen-bond donors (Lipinski definition) is 0. The Morgan fingerprint density at radius 2 is 1.96 bits per heavy atom. The Morgan fingerprint density at radius 1 is 1.17 bits per heavy atom. The SMILES string of the molecule is O=C(OC[C@@H]1CCN(Cc2ccccc2)C1)c1ccc(F)cc1F. The third-order valence-electron chi connectivity index (χ3n) is 4.22. The average molecular weight is 331 g/mol. The van der Waals surface area contributed by atoms with Gasteiger partial charge in [0.15, 0.2) is 0 Å². The van der Waals surface area contributed by atoms with Crippen LogP contribution in [0.5, 0.6) is 0 Å². The van der Waals surface area contributed by atoms with Crippen LogP contribution < -0.4 is 0 Å². The van der Waals surface area contributed by atoms with Crippen molar-refractivity contribution in [3.8, 4) is 0 Å². The standard InChI is InChI=1S/C19H19F2NO2/c20-16-6-7-17(18(21)10-16)19(23)24-13-15-8-9-22(12-15)11-14-4-2-1-3-5-14/h1-7,10,15H,8-9,11-13H2/t15-/m1/s1. The summed E-state index contributed by atoms with van der Waals surface area (Å²) in [5.41, 5.74) is 1.03. The lowest BCUT2D eigenvalue weighted by Crippen LogP contribution is -2.22. The number of halogens is 2. The first-order valence-corrected chi connectivity index (χ1v) is 8.00. The molecule has 0 saturated carbocycles. The van der Waals surface area contributed by atoms with Crippen molar-refractivity contribution >= 4 is 5.97 Å². The first kappa shape index (κ1) is 16.6. The van der Waals surface area contributed by atoms with Gasteiger partial charge in [0.25, 0.3) is 0 Å². The number of carbonyl (C=O) groups is 1. The van der Waals surface area contributed by atoms with Gasteiger partial charge in [-0.3, -0.25) is 4.90 Å². The van der Waals surface area contributed by atoms with Gasteiger partial charge in [0.2, 0.25) is 0 Å². The van der Waals surface area contributed by atoms with Gasteiger partial charge >= 0.3 is 5.97 Å². The second-order valence-corrected chi connectivity index (χ2v) is 6.10. The Hall–Kier alpha value is -2.27. The van der Waals surface area contributed by atoms with Gasteiger partial charge in [-0.2, -0.15) is 0 Å². The summed E-state index contributed by atoms with van der Waals surface area (Å²) >= 11 is 0. The number of likely N-dealkylation sites (tertiary alicyclic amines) is 1. The third kappa shape index (κ3) is 4.17. The van der Waals surface area contributed by atoms with E-state index in [1.807, 2.05) is 18.2 Å². The second kappa shape index (κ2) is 7.53. The number of nitrogens with zero attached hydrogens (tertiary/aromatic N) is 1. The maximum Gasteiger partial charge on any atom is 0.341 e. The van der Waals surface area contributed by atoms with E-state index < -0.39 is 17.6 Å². The van der Waals surface area contributed by atoms with E-state index in [2.05, 4.69) is 17.0 Å². The highest BCUT2D eigenvalue weighted by Gasteiger charge is 2.24. The Bertz CT molecular complexity index is 706. The minimum atomic E-state index is -0.892. The Labute approximate surface area is 139 Å². The van der Waals surface area contributed by atoms with Crippen LogP contribution in [0.2, 0.25) is 0 Å².